The Morgan fingerprint density at radius 2 is 1.86 bits per heavy atom. The SMILES string of the molecule is CCC(CC)Cc1ccc(C)c(Br)c1. The first-order chi connectivity index (χ1) is 6.67. The van der Waals surface area contributed by atoms with Crippen LogP contribution in [-0.4, -0.2) is 0 Å². The van der Waals surface area contributed by atoms with Crippen molar-refractivity contribution in [3.05, 3.63) is 33.8 Å². The van der Waals surface area contributed by atoms with Crippen LogP contribution in [0.2, 0.25) is 0 Å². The molecule has 78 valence electrons. The van der Waals surface area contributed by atoms with Crippen LogP contribution in [0.1, 0.15) is 37.8 Å². The first kappa shape index (κ1) is 11.8. The molecule has 0 aromatic heterocycles. The Bertz CT molecular complexity index is 287. The average Bonchev–Trinajstić information content (AvgIpc) is 2.19. The Hall–Kier alpha value is -0.300. The molecule has 0 saturated carbocycles. The van der Waals surface area contributed by atoms with Gasteiger partial charge in [0.1, 0.15) is 0 Å². The number of hydrogen-bond acceptors (Lipinski definition) is 0. The van der Waals surface area contributed by atoms with Gasteiger partial charge in [0.2, 0.25) is 0 Å². The second-order valence-corrected chi connectivity index (χ2v) is 4.82. The number of rotatable bonds is 4. The molecular formula is C13H19Br. The van der Waals surface area contributed by atoms with E-state index in [4.69, 9.17) is 0 Å². The molecular weight excluding hydrogens is 236 g/mol. The quantitative estimate of drug-likeness (QED) is 0.729. The summed E-state index contributed by atoms with van der Waals surface area (Å²) in [7, 11) is 0. The molecule has 1 heteroatoms. The molecule has 0 aliphatic heterocycles. The molecule has 0 amide bonds. The van der Waals surface area contributed by atoms with Crippen LogP contribution in [0.4, 0.5) is 0 Å². The summed E-state index contributed by atoms with van der Waals surface area (Å²) in [6.45, 7) is 6.68. The fourth-order valence-electron chi connectivity index (χ4n) is 1.67. The summed E-state index contributed by atoms with van der Waals surface area (Å²) in [6, 6.07) is 6.70. The minimum absolute atomic E-state index is 0.838. The summed E-state index contributed by atoms with van der Waals surface area (Å²) in [5.41, 5.74) is 2.77. The van der Waals surface area contributed by atoms with Crippen LogP contribution < -0.4 is 0 Å². The molecule has 1 rings (SSSR count). The van der Waals surface area contributed by atoms with Crippen LogP contribution in [0.15, 0.2) is 22.7 Å². The molecule has 1 aromatic rings. The van der Waals surface area contributed by atoms with Gasteiger partial charge in [0.25, 0.3) is 0 Å². The molecule has 0 fully saturated rings. The molecule has 0 bridgehead atoms. The maximum Gasteiger partial charge on any atom is 0.0207 e. The van der Waals surface area contributed by atoms with Crippen LogP contribution in [0.5, 0.6) is 0 Å². The molecule has 0 atom stereocenters. The van der Waals surface area contributed by atoms with E-state index >= 15 is 0 Å². The summed E-state index contributed by atoms with van der Waals surface area (Å²) >= 11 is 3.58. The molecule has 0 saturated heterocycles. The van der Waals surface area contributed by atoms with Crippen molar-refractivity contribution in [1.29, 1.82) is 0 Å². The number of aryl methyl sites for hydroxylation is 1. The number of hydrogen-bond donors (Lipinski definition) is 0. The van der Waals surface area contributed by atoms with Crippen molar-refractivity contribution in [2.45, 2.75) is 40.0 Å². The van der Waals surface area contributed by atoms with E-state index in [9.17, 15) is 0 Å². The molecule has 0 heterocycles. The third-order valence-electron chi connectivity index (χ3n) is 2.92. The van der Waals surface area contributed by atoms with Gasteiger partial charge in [-0.15, -0.1) is 0 Å². The van der Waals surface area contributed by atoms with Crippen molar-refractivity contribution < 1.29 is 0 Å². The monoisotopic (exact) mass is 254 g/mol. The van der Waals surface area contributed by atoms with Crippen LogP contribution in [0.3, 0.4) is 0 Å². The van der Waals surface area contributed by atoms with Crippen molar-refractivity contribution in [3.63, 3.8) is 0 Å². The highest BCUT2D eigenvalue weighted by atomic mass is 79.9. The second-order valence-electron chi connectivity index (χ2n) is 3.97. The first-order valence-corrected chi connectivity index (χ1v) is 6.21. The van der Waals surface area contributed by atoms with Gasteiger partial charge < -0.3 is 0 Å². The van der Waals surface area contributed by atoms with Crippen LogP contribution in [0, 0.1) is 12.8 Å². The topological polar surface area (TPSA) is 0 Å². The van der Waals surface area contributed by atoms with Gasteiger partial charge in [-0.05, 0) is 36.5 Å². The minimum atomic E-state index is 0.838. The van der Waals surface area contributed by atoms with Gasteiger partial charge in [0.05, 0.1) is 0 Å². The van der Waals surface area contributed by atoms with Crippen molar-refractivity contribution in [2.75, 3.05) is 0 Å². The van der Waals surface area contributed by atoms with Crippen LogP contribution in [-0.2, 0) is 6.42 Å². The zero-order valence-corrected chi connectivity index (χ0v) is 10.9. The normalized spacial score (nSPS) is 10.9. The van der Waals surface area contributed by atoms with E-state index in [1.165, 1.54) is 34.9 Å². The lowest BCUT2D eigenvalue weighted by molar-refractivity contribution is 0.490. The Kier molecular flexibility index (Phi) is 4.67. The second kappa shape index (κ2) is 5.55. The Morgan fingerprint density at radius 3 is 2.36 bits per heavy atom. The summed E-state index contributed by atoms with van der Waals surface area (Å²) in [5, 5.41) is 0. The molecule has 0 unspecified atom stereocenters. The van der Waals surface area contributed by atoms with Gasteiger partial charge in [-0.3, -0.25) is 0 Å². The molecule has 0 aliphatic carbocycles. The maximum atomic E-state index is 3.58. The third kappa shape index (κ3) is 3.13. The van der Waals surface area contributed by atoms with E-state index in [1.807, 2.05) is 0 Å². The van der Waals surface area contributed by atoms with E-state index in [1.54, 1.807) is 0 Å². The molecule has 0 aliphatic rings. The highest BCUT2D eigenvalue weighted by Crippen LogP contribution is 2.21. The van der Waals surface area contributed by atoms with Crippen molar-refractivity contribution in [1.82, 2.24) is 0 Å². The Morgan fingerprint density at radius 1 is 1.21 bits per heavy atom. The lowest BCUT2D eigenvalue weighted by atomic mass is 9.94. The predicted octanol–water partition coefficient (Wildman–Crippen LogP) is 4.74. The van der Waals surface area contributed by atoms with Gasteiger partial charge in [0.15, 0.2) is 0 Å². The molecule has 0 radical (unpaired) electrons. The van der Waals surface area contributed by atoms with Gasteiger partial charge in [-0.2, -0.15) is 0 Å². The van der Waals surface area contributed by atoms with Gasteiger partial charge in [-0.25, -0.2) is 0 Å². The highest BCUT2D eigenvalue weighted by molar-refractivity contribution is 9.10. The minimum Gasteiger partial charge on any atom is -0.0651 e. The molecule has 0 nitrogen and oxygen atoms in total. The van der Waals surface area contributed by atoms with Gasteiger partial charge >= 0.3 is 0 Å². The fourth-order valence-corrected chi connectivity index (χ4v) is 2.10. The predicted molar refractivity (Wildman–Crippen MR) is 66.7 cm³/mol. The summed E-state index contributed by atoms with van der Waals surface area (Å²) in [4.78, 5) is 0. The lowest BCUT2D eigenvalue weighted by Crippen LogP contribution is -2.01. The van der Waals surface area contributed by atoms with Crippen molar-refractivity contribution in [3.8, 4) is 0 Å². The van der Waals surface area contributed by atoms with Crippen LogP contribution >= 0.6 is 15.9 Å². The summed E-state index contributed by atoms with van der Waals surface area (Å²) in [5.74, 6) is 0.838. The summed E-state index contributed by atoms with van der Waals surface area (Å²) in [6.07, 6.45) is 3.77. The fraction of sp³-hybridized carbons (Fsp3) is 0.538. The Balaban J connectivity index is 2.72. The average molecular weight is 255 g/mol. The van der Waals surface area contributed by atoms with E-state index < -0.39 is 0 Å². The third-order valence-corrected chi connectivity index (χ3v) is 3.77. The standard InChI is InChI=1S/C13H19Br/c1-4-11(5-2)8-12-7-6-10(3)13(14)9-12/h6-7,9,11H,4-5,8H2,1-3H3. The maximum absolute atomic E-state index is 3.58. The van der Waals surface area contributed by atoms with Crippen LogP contribution in [0.25, 0.3) is 0 Å². The lowest BCUT2D eigenvalue weighted by Gasteiger charge is -2.12. The molecule has 1 aromatic carbocycles. The molecule has 0 spiro atoms. The largest absolute Gasteiger partial charge is 0.0651 e. The number of halogens is 1. The van der Waals surface area contributed by atoms with E-state index in [0.29, 0.717) is 0 Å². The first-order valence-electron chi connectivity index (χ1n) is 5.42. The van der Waals surface area contributed by atoms with Gasteiger partial charge in [0, 0.05) is 4.47 Å². The van der Waals surface area contributed by atoms with E-state index in [0.717, 1.165) is 5.92 Å². The van der Waals surface area contributed by atoms with Crippen molar-refractivity contribution in [2.24, 2.45) is 5.92 Å². The van der Waals surface area contributed by atoms with E-state index in [-0.39, 0.29) is 0 Å². The zero-order valence-electron chi connectivity index (χ0n) is 9.31. The van der Waals surface area contributed by atoms with E-state index in [2.05, 4.69) is 54.9 Å². The Labute approximate surface area is 95.9 Å². The smallest absolute Gasteiger partial charge is 0.0207 e. The number of benzene rings is 1. The molecule has 14 heavy (non-hydrogen) atoms. The van der Waals surface area contributed by atoms with Gasteiger partial charge in [-0.1, -0.05) is 54.8 Å². The zero-order chi connectivity index (χ0) is 10.6. The molecule has 0 N–H and O–H groups in total. The highest BCUT2D eigenvalue weighted by Gasteiger charge is 2.05. The summed E-state index contributed by atoms with van der Waals surface area (Å²) < 4.78 is 1.24. The van der Waals surface area contributed by atoms with Crippen molar-refractivity contribution >= 4 is 15.9 Å².